The van der Waals surface area contributed by atoms with E-state index in [9.17, 15) is 9.90 Å². The van der Waals surface area contributed by atoms with Crippen molar-refractivity contribution in [2.24, 2.45) is 5.41 Å². The van der Waals surface area contributed by atoms with Crippen LogP contribution in [0.1, 0.15) is 56.3 Å². The molecule has 3 aromatic rings. The highest BCUT2D eigenvalue weighted by Gasteiger charge is 2.51. The summed E-state index contributed by atoms with van der Waals surface area (Å²) in [5.41, 5.74) is 1.74. The van der Waals surface area contributed by atoms with Crippen LogP contribution in [0.25, 0.3) is 5.65 Å². The number of hydrogen-bond donors (Lipinski definition) is 1. The summed E-state index contributed by atoms with van der Waals surface area (Å²) in [6, 6.07) is 11.3. The third kappa shape index (κ3) is 3.16. The van der Waals surface area contributed by atoms with Gasteiger partial charge in [0.05, 0.1) is 11.1 Å². The molecule has 0 radical (unpaired) electrons. The number of carbonyl (C=O) groups is 1. The van der Waals surface area contributed by atoms with Gasteiger partial charge in [-0.2, -0.15) is 0 Å². The van der Waals surface area contributed by atoms with Gasteiger partial charge in [-0.3, -0.25) is 4.79 Å². The summed E-state index contributed by atoms with van der Waals surface area (Å²) in [5, 5.41) is 11.7. The SMILES string of the molecule is Cc1nc2c3c(ccn2c1C)[C@@](C)(O)[C@H](OC(=O)C(C)(C)C)[C@@H](c1ccccc1)O3. The van der Waals surface area contributed by atoms with Crippen LogP contribution in [0.5, 0.6) is 5.75 Å². The summed E-state index contributed by atoms with van der Waals surface area (Å²) in [5.74, 6) is 0.116. The molecular weight excluding hydrogens is 380 g/mol. The van der Waals surface area contributed by atoms with E-state index in [1.165, 1.54) is 0 Å². The molecule has 3 heterocycles. The normalized spacial score (nSPS) is 23.7. The van der Waals surface area contributed by atoms with Crippen molar-refractivity contribution in [3.8, 4) is 5.75 Å². The maximum absolute atomic E-state index is 12.8. The number of aliphatic hydroxyl groups is 1. The lowest BCUT2D eigenvalue weighted by Crippen LogP contribution is -2.50. The first-order valence-corrected chi connectivity index (χ1v) is 10.2. The zero-order valence-electron chi connectivity index (χ0n) is 18.3. The van der Waals surface area contributed by atoms with E-state index in [0.717, 1.165) is 17.0 Å². The number of pyridine rings is 1. The van der Waals surface area contributed by atoms with Gasteiger partial charge in [0.2, 0.25) is 0 Å². The topological polar surface area (TPSA) is 73.1 Å². The van der Waals surface area contributed by atoms with E-state index in [1.807, 2.05) is 60.8 Å². The summed E-state index contributed by atoms with van der Waals surface area (Å²) in [6.45, 7) is 11.0. The number of carbonyl (C=O) groups excluding carboxylic acids is 1. The van der Waals surface area contributed by atoms with Gasteiger partial charge in [-0.1, -0.05) is 30.3 Å². The van der Waals surface area contributed by atoms with E-state index in [4.69, 9.17) is 9.47 Å². The van der Waals surface area contributed by atoms with E-state index in [0.29, 0.717) is 17.0 Å². The predicted molar refractivity (Wildman–Crippen MR) is 113 cm³/mol. The molecule has 0 saturated carbocycles. The largest absolute Gasteiger partial charge is 0.477 e. The Morgan fingerprint density at radius 1 is 1.20 bits per heavy atom. The molecular formula is C24H28N2O4. The van der Waals surface area contributed by atoms with Gasteiger partial charge in [-0.15, -0.1) is 0 Å². The van der Waals surface area contributed by atoms with Crippen LogP contribution < -0.4 is 4.74 Å². The number of esters is 1. The quantitative estimate of drug-likeness (QED) is 0.642. The first kappa shape index (κ1) is 20.4. The Kier molecular flexibility index (Phi) is 4.66. The monoisotopic (exact) mass is 408 g/mol. The van der Waals surface area contributed by atoms with Crippen LogP contribution in [0, 0.1) is 19.3 Å². The van der Waals surface area contributed by atoms with E-state index >= 15 is 0 Å². The summed E-state index contributed by atoms with van der Waals surface area (Å²) in [6.07, 6.45) is 0.273. The fourth-order valence-electron chi connectivity index (χ4n) is 3.82. The third-order valence-electron chi connectivity index (χ3n) is 5.82. The van der Waals surface area contributed by atoms with Crippen molar-refractivity contribution in [2.75, 3.05) is 0 Å². The molecule has 0 unspecified atom stereocenters. The Bertz CT molecular complexity index is 1110. The molecule has 0 fully saturated rings. The molecule has 4 rings (SSSR count). The van der Waals surface area contributed by atoms with Crippen molar-refractivity contribution in [1.82, 2.24) is 9.38 Å². The zero-order chi connectivity index (χ0) is 21.8. The Labute approximate surface area is 176 Å². The average molecular weight is 408 g/mol. The Morgan fingerprint density at radius 3 is 2.50 bits per heavy atom. The summed E-state index contributed by atoms with van der Waals surface area (Å²) >= 11 is 0. The van der Waals surface area contributed by atoms with Gasteiger partial charge in [0.25, 0.3) is 0 Å². The first-order chi connectivity index (χ1) is 14.0. The van der Waals surface area contributed by atoms with E-state index in [2.05, 4.69) is 4.98 Å². The van der Waals surface area contributed by atoms with E-state index in [-0.39, 0.29) is 0 Å². The lowest BCUT2D eigenvalue weighted by molar-refractivity contribution is -0.192. The standard InChI is InChI=1S/C24H28N2O4/c1-14-15(2)26-13-12-17-19(21(26)25-14)29-18(16-10-8-7-9-11-16)20(24(17,6)28)30-22(27)23(3,4)5/h7-13,18,20,28H,1-6H3/t18-,20-,24-/m1/s1. The smallest absolute Gasteiger partial charge is 0.311 e. The van der Waals surface area contributed by atoms with Gasteiger partial charge in [-0.05, 0) is 53.2 Å². The summed E-state index contributed by atoms with van der Waals surface area (Å²) < 4.78 is 14.3. The fourth-order valence-corrected chi connectivity index (χ4v) is 3.82. The number of benzene rings is 1. The van der Waals surface area contributed by atoms with Crippen molar-refractivity contribution in [2.45, 2.75) is 59.4 Å². The van der Waals surface area contributed by atoms with Gasteiger partial charge in [0.1, 0.15) is 5.60 Å². The first-order valence-electron chi connectivity index (χ1n) is 10.2. The molecule has 0 amide bonds. The Hall–Kier alpha value is -2.86. The third-order valence-corrected chi connectivity index (χ3v) is 5.82. The van der Waals surface area contributed by atoms with Crippen molar-refractivity contribution < 1.29 is 19.4 Å². The van der Waals surface area contributed by atoms with Crippen LogP contribution in [0.3, 0.4) is 0 Å². The number of hydrogen-bond acceptors (Lipinski definition) is 5. The molecule has 0 aliphatic carbocycles. The molecule has 0 bridgehead atoms. The molecule has 0 spiro atoms. The summed E-state index contributed by atoms with van der Waals surface area (Å²) in [7, 11) is 0. The highest BCUT2D eigenvalue weighted by molar-refractivity contribution is 5.76. The minimum absolute atomic E-state index is 0.394. The number of rotatable bonds is 2. The van der Waals surface area contributed by atoms with Gasteiger partial charge in [0, 0.05) is 17.5 Å². The second-order valence-corrected chi connectivity index (χ2v) is 9.21. The van der Waals surface area contributed by atoms with Crippen molar-refractivity contribution in [3.63, 3.8) is 0 Å². The molecule has 1 aromatic carbocycles. The molecule has 0 saturated heterocycles. The lowest BCUT2D eigenvalue weighted by Gasteiger charge is -2.43. The van der Waals surface area contributed by atoms with Crippen molar-refractivity contribution in [3.05, 3.63) is 65.1 Å². The van der Waals surface area contributed by atoms with Crippen LogP contribution >= 0.6 is 0 Å². The molecule has 6 nitrogen and oxygen atoms in total. The molecule has 1 N–H and O–H groups in total. The highest BCUT2D eigenvalue weighted by atomic mass is 16.6. The van der Waals surface area contributed by atoms with Crippen LogP contribution in [0.15, 0.2) is 42.6 Å². The number of fused-ring (bicyclic) bond motifs is 3. The van der Waals surface area contributed by atoms with Crippen LogP contribution in [-0.4, -0.2) is 26.6 Å². The number of imidazole rings is 1. The molecule has 2 aromatic heterocycles. The molecule has 1 aliphatic rings. The average Bonchev–Trinajstić information content (AvgIpc) is 2.98. The molecule has 158 valence electrons. The fraction of sp³-hybridized carbons (Fsp3) is 0.417. The molecule has 3 atom stereocenters. The Balaban J connectivity index is 1.91. The second kappa shape index (κ2) is 6.84. The van der Waals surface area contributed by atoms with E-state index in [1.54, 1.807) is 27.7 Å². The maximum atomic E-state index is 12.8. The molecule has 30 heavy (non-hydrogen) atoms. The van der Waals surface area contributed by atoms with Crippen LogP contribution in [-0.2, 0) is 15.1 Å². The maximum Gasteiger partial charge on any atom is 0.311 e. The Morgan fingerprint density at radius 2 is 1.87 bits per heavy atom. The summed E-state index contributed by atoms with van der Waals surface area (Å²) in [4.78, 5) is 17.4. The zero-order valence-corrected chi connectivity index (χ0v) is 18.3. The predicted octanol–water partition coefficient (Wildman–Crippen LogP) is 4.25. The molecule has 1 aliphatic heterocycles. The number of aryl methyl sites for hydroxylation is 2. The van der Waals surface area contributed by atoms with Crippen LogP contribution in [0.2, 0.25) is 0 Å². The van der Waals surface area contributed by atoms with Crippen molar-refractivity contribution >= 4 is 11.6 Å². The van der Waals surface area contributed by atoms with Gasteiger partial charge >= 0.3 is 5.97 Å². The van der Waals surface area contributed by atoms with Gasteiger partial charge in [0.15, 0.2) is 23.6 Å². The number of ether oxygens (including phenoxy) is 2. The highest BCUT2D eigenvalue weighted by Crippen LogP contribution is 2.48. The van der Waals surface area contributed by atoms with Gasteiger partial charge in [-0.25, -0.2) is 4.98 Å². The minimum Gasteiger partial charge on any atom is -0.477 e. The van der Waals surface area contributed by atoms with Crippen LogP contribution in [0.4, 0.5) is 0 Å². The van der Waals surface area contributed by atoms with Gasteiger partial charge < -0.3 is 19.0 Å². The second-order valence-electron chi connectivity index (χ2n) is 9.21. The molecule has 6 heteroatoms. The van der Waals surface area contributed by atoms with E-state index < -0.39 is 29.2 Å². The lowest BCUT2D eigenvalue weighted by atomic mass is 9.82. The number of nitrogens with zero attached hydrogens (tertiary/aromatic N) is 2. The number of aromatic nitrogens is 2. The van der Waals surface area contributed by atoms with Crippen molar-refractivity contribution in [1.29, 1.82) is 0 Å². The minimum atomic E-state index is -1.47.